The maximum Gasteiger partial charge on any atom is 0.0522 e. The summed E-state index contributed by atoms with van der Waals surface area (Å²) in [7, 11) is 0. The molecule has 19 heavy (non-hydrogen) atoms. The molecule has 2 aromatic heterocycles. The van der Waals surface area contributed by atoms with Gasteiger partial charge in [0.25, 0.3) is 0 Å². The summed E-state index contributed by atoms with van der Waals surface area (Å²) in [6.07, 6.45) is 6.96. The Bertz CT molecular complexity index is 520. The first kappa shape index (κ1) is 12.9. The van der Waals surface area contributed by atoms with Crippen molar-refractivity contribution < 1.29 is 0 Å². The molecule has 0 bridgehead atoms. The Labute approximate surface area is 118 Å². The van der Waals surface area contributed by atoms with Crippen LogP contribution in [0.2, 0.25) is 0 Å². The lowest BCUT2D eigenvalue weighted by molar-refractivity contribution is 0.550. The zero-order valence-electron chi connectivity index (χ0n) is 11.5. The molecule has 4 heteroatoms. The minimum atomic E-state index is 0.905. The van der Waals surface area contributed by atoms with E-state index in [9.17, 15) is 0 Å². The lowest BCUT2D eigenvalue weighted by Gasteiger charge is -2.07. The molecule has 0 aromatic carbocycles. The minimum absolute atomic E-state index is 0.905. The first-order chi connectivity index (χ1) is 9.36. The Morgan fingerprint density at radius 2 is 2.32 bits per heavy atom. The Balaban J connectivity index is 1.53. The molecule has 0 saturated heterocycles. The fourth-order valence-corrected chi connectivity index (χ4v) is 3.95. The monoisotopic (exact) mass is 275 g/mol. The van der Waals surface area contributed by atoms with Crippen molar-refractivity contribution in [2.24, 2.45) is 0 Å². The Hall–Kier alpha value is -1.13. The summed E-state index contributed by atoms with van der Waals surface area (Å²) in [5.41, 5.74) is 2.88. The van der Waals surface area contributed by atoms with Crippen LogP contribution in [0.4, 0.5) is 0 Å². The van der Waals surface area contributed by atoms with Crippen LogP contribution in [0, 0.1) is 0 Å². The lowest BCUT2D eigenvalue weighted by Crippen LogP contribution is -2.16. The quantitative estimate of drug-likeness (QED) is 0.878. The Morgan fingerprint density at radius 3 is 3.16 bits per heavy atom. The van der Waals surface area contributed by atoms with E-state index in [-0.39, 0.29) is 0 Å². The summed E-state index contributed by atoms with van der Waals surface area (Å²) in [6, 6.07) is 4.50. The van der Waals surface area contributed by atoms with Crippen molar-refractivity contribution in [1.29, 1.82) is 0 Å². The van der Waals surface area contributed by atoms with E-state index in [1.807, 2.05) is 17.5 Å². The van der Waals surface area contributed by atoms with Gasteiger partial charge in [-0.25, -0.2) is 0 Å². The number of aryl methyl sites for hydroxylation is 3. The second-order valence-electron chi connectivity index (χ2n) is 5.16. The summed E-state index contributed by atoms with van der Waals surface area (Å²) in [4.78, 5) is 3.10. The van der Waals surface area contributed by atoms with Crippen molar-refractivity contribution in [1.82, 2.24) is 15.1 Å². The predicted molar refractivity (Wildman–Crippen MR) is 79.4 cm³/mol. The highest BCUT2D eigenvalue weighted by Crippen LogP contribution is 2.30. The number of fused-ring (bicyclic) bond motifs is 1. The van der Waals surface area contributed by atoms with Crippen molar-refractivity contribution >= 4 is 11.3 Å². The molecule has 0 amide bonds. The summed E-state index contributed by atoms with van der Waals surface area (Å²) in [5, 5.41) is 7.89. The smallest absolute Gasteiger partial charge is 0.0522 e. The maximum absolute atomic E-state index is 4.35. The molecule has 1 aliphatic rings. The number of rotatable bonds is 6. The molecule has 0 atom stereocenters. The molecule has 0 fully saturated rings. The van der Waals surface area contributed by atoms with E-state index in [4.69, 9.17) is 0 Å². The largest absolute Gasteiger partial charge is 0.306 e. The van der Waals surface area contributed by atoms with E-state index in [2.05, 4.69) is 34.2 Å². The molecular formula is C15H21N3S. The number of aromatic nitrogens is 2. The lowest BCUT2D eigenvalue weighted by atomic mass is 10.2. The van der Waals surface area contributed by atoms with Crippen LogP contribution in [-0.2, 0) is 32.5 Å². The van der Waals surface area contributed by atoms with Crippen molar-refractivity contribution in [3.05, 3.63) is 39.3 Å². The van der Waals surface area contributed by atoms with Crippen LogP contribution in [-0.4, -0.2) is 9.78 Å². The molecule has 102 valence electrons. The van der Waals surface area contributed by atoms with Gasteiger partial charge in [-0.3, -0.25) is 4.68 Å². The zero-order valence-corrected chi connectivity index (χ0v) is 12.3. The average molecular weight is 275 g/mol. The molecule has 3 nitrogen and oxygen atoms in total. The van der Waals surface area contributed by atoms with E-state index in [1.165, 1.54) is 29.8 Å². The standard InChI is InChI=1S/C15H21N3S/c1-2-8-18-13(6-7-17-18)10-16-11-14-9-12-4-3-5-15(12)19-14/h6-7,9,16H,2-5,8,10-11H2,1H3. The van der Waals surface area contributed by atoms with Crippen LogP contribution in [0.25, 0.3) is 0 Å². The van der Waals surface area contributed by atoms with Crippen LogP contribution in [0.3, 0.4) is 0 Å². The molecule has 0 saturated carbocycles. The Morgan fingerprint density at radius 1 is 1.37 bits per heavy atom. The number of hydrogen-bond donors (Lipinski definition) is 1. The second-order valence-corrected chi connectivity index (χ2v) is 6.39. The summed E-state index contributed by atoms with van der Waals surface area (Å²) < 4.78 is 2.10. The van der Waals surface area contributed by atoms with Crippen LogP contribution >= 0.6 is 11.3 Å². The topological polar surface area (TPSA) is 29.9 Å². The van der Waals surface area contributed by atoms with Gasteiger partial charge in [0.05, 0.1) is 5.69 Å². The number of hydrogen-bond acceptors (Lipinski definition) is 3. The zero-order chi connectivity index (χ0) is 13.1. The molecule has 3 rings (SSSR count). The molecule has 0 aliphatic heterocycles. The molecule has 0 unspecified atom stereocenters. The predicted octanol–water partition coefficient (Wildman–Crippen LogP) is 3.13. The summed E-state index contributed by atoms with van der Waals surface area (Å²) in [6.45, 7) is 5.08. The van der Waals surface area contributed by atoms with Gasteiger partial charge in [-0.05, 0) is 43.4 Å². The van der Waals surface area contributed by atoms with E-state index in [0.29, 0.717) is 0 Å². The highest BCUT2D eigenvalue weighted by atomic mass is 32.1. The van der Waals surface area contributed by atoms with Crippen LogP contribution in [0.1, 0.15) is 40.8 Å². The normalized spacial score (nSPS) is 13.9. The van der Waals surface area contributed by atoms with Gasteiger partial charge in [-0.15, -0.1) is 11.3 Å². The molecule has 0 radical (unpaired) electrons. The van der Waals surface area contributed by atoms with Crippen molar-refractivity contribution in [2.45, 2.75) is 52.2 Å². The van der Waals surface area contributed by atoms with Gasteiger partial charge in [-0.2, -0.15) is 5.10 Å². The first-order valence-electron chi connectivity index (χ1n) is 7.18. The average Bonchev–Trinajstić information content (AvgIpc) is 3.06. The molecule has 1 aliphatic carbocycles. The third kappa shape index (κ3) is 2.90. The molecule has 0 spiro atoms. The van der Waals surface area contributed by atoms with Gasteiger partial charge in [0.1, 0.15) is 0 Å². The molecule has 1 N–H and O–H groups in total. The highest BCUT2D eigenvalue weighted by Gasteiger charge is 2.14. The van der Waals surface area contributed by atoms with E-state index < -0.39 is 0 Å². The van der Waals surface area contributed by atoms with Gasteiger partial charge in [0, 0.05) is 35.6 Å². The fourth-order valence-electron chi connectivity index (χ4n) is 2.71. The van der Waals surface area contributed by atoms with E-state index in [0.717, 1.165) is 26.1 Å². The number of nitrogens with one attached hydrogen (secondary N) is 1. The number of nitrogens with zero attached hydrogens (tertiary/aromatic N) is 2. The van der Waals surface area contributed by atoms with Crippen LogP contribution < -0.4 is 5.32 Å². The van der Waals surface area contributed by atoms with Gasteiger partial charge in [-0.1, -0.05) is 6.92 Å². The molecule has 2 heterocycles. The SMILES string of the molecule is CCCn1nccc1CNCc1cc2c(s1)CCC2. The van der Waals surface area contributed by atoms with Gasteiger partial charge in [0.2, 0.25) is 0 Å². The summed E-state index contributed by atoms with van der Waals surface area (Å²) in [5.74, 6) is 0. The fraction of sp³-hybridized carbons (Fsp3) is 0.533. The van der Waals surface area contributed by atoms with Crippen molar-refractivity contribution in [2.75, 3.05) is 0 Å². The molecule has 2 aromatic rings. The van der Waals surface area contributed by atoms with Crippen LogP contribution in [0.5, 0.6) is 0 Å². The van der Waals surface area contributed by atoms with Gasteiger partial charge >= 0.3 is 0 Å². The van der Waals surface area contributed by atoms with E-state index in [1.54, 1.807) is 10.4 Å². The third-order valence-electron chi connectivity index (χ3n) is 3.64. The van der Waals surface area contributed by atoms with Crippen LogP contribution in [0.15, 0.2) is 18.3 Å². The first-order valence-corrected chi connectivity index (χ1v) is 8.00. The summed E-state index contributed by atoms with van der Waals surface area (Å²) >= 11 is 1.99. The van der Waals surface area contributed by atoms with E-state index >= 15 is 0 Å². The highest BCUT2D eigenvalue weighted by molar-refractivity contribution is 7.12. The Kier molecular flexibility index (Phi) is 3.99. The maximum atomic E-state index is 4.35. The van der Waals surface area contributed by atoms with Gasteiger partial charge < -0.3 is 5.32 Å². The van der Waals surface area contributed by atoms with Gasteiger partial charge in [0.15, 0.2) is 0 Å². The van der Waals surface area contributed by atoms with Crippen molar-refractivity contribution in [3.63, 3.8) is 0 Å². The minimum Gasteiger partial charge on any atom is -0.306 e. The second kappa shape index (κ2) is 5.88. The molecular weight excluding hydrogens is 254 g/mol. The third-order valence-corrected chi connectivity index (χ3v) is 4.88. The van der Waals surface area contributed by atoms with Crippen molar-refractivity contribution in [3.8, 4) is 0 Å². The number of thiophene rings is 1.